The smallest absolute Gasteiger partial charge is 0.408 e. The molecule has 0 fully saturated rings. The van der Waals surface area contributed by atoms with E-state index in [2.05, 4.69) is 5.32 Å². The Labute approximate surface area is 82.8 Å². The number of halogens is 1. The number of ether oxygens (including phenoxy) is 1. The fraction of sp³-hybridized carbons (Fsp3) is 0.778. The highest BCUT2D eigenvalue weighted by molar-refractivity contribution is 5.73. The van der Waals surface area contributed by atoms with Crippen molar-refractivity contribution in [3.63, 3.8) is 0 Å². The topological polar surface area (TPSA) is 55.4 Å². The van der Waals surface area contributed by atoms with E-state index in [1.165, 1.54) is 0 Å². The highest BCUT2D eigenvalue weighted by Gasteiger charge is 2.18. The van der Waals surface area contributed by atoms with E-state index in [4.69, 9.17) is 4.74 Å². The molecule has 0 aromatic rings. The number of alkyl halides is 1. The first-order valence-corrected chi connectivity index (χ1v) is 4.40. The largest absolute Gasteiger partial charge is 0.444 e. The highest BCUT2D eigenvalue weighted by Crippen LogP contribution is 2.06. The molecule has 0 aliphatic heterocycles. The maximum Gasteiger partial charge on any atom is 0.408 e. The molecule has 1 unspecified atom stereocenters. The molecule has 0 aromatic carbocycles. The molecule has 4 nitrogen and oxygen atoms in total. The number of rotatable bonds is 4. The van der Waals surface area contributed by atoms with E-state index < -0.39 is 24.4 Å². The lowest BCUT2D eigenvalue weighted by molar-refractivity contribution is -0.109. The minimum absolute atomic E-state index is 0.0251. The summed E-state index contributed by atoms with van der Waals surface area (Å²) >= 11 is 0. The van der Waals surface area contributed by atoms with Crippen LogP contribution in [-0.2, 0) is 9.53 Å². The Balaban J connectivity index is 3.97. The molecule has 82 valence electrons. The zero-order valence-corrected chi connectivity index (χ0v) is 8.67. The van der Waals surface area contributed by atoms with Gasteiger partial charge in [0, 0.05) is 6.42 Å². The second kappa shape index (κ2) is 5.57. The number of carbonyl (C=O) groups excluding carboxylic acids is 2. The Morgan fingerprint density at radius 2 is 2.14 bits per heavy atom. The number of amides is 1. The van der Waals surface area contributed by atoms with Gasteiger partial charge >= 0.3 is 6.09 Å². The minimum Gasteiger partial charge on any atom is -0.444 e. The van der Waals surface area contributed by atoms with Gasteiger partial charge in [-0.15, -0.1) is 0 Å². The molecule has 0 heterocycles. The number of hydrogen-bond donors (Lipinski definition) is 1. The maximum absolute atomic E-state index is 11.9. The second-order valence-corrected chi connectivity index (χ2v) is 3.87. The molecular weight excluding hydrogens is 189 g/mol. The predicted octanol–water partition coefficient (Wildman–Crippen LogP) is 1.44. The molecule has 0 aliphatic rings. The molecule has 0 aromatic heterocycles. The van der Waals surface area contributed by atoms with Gasteiger partial charge in [0.25, 0.3) is 0 Å². The Kier molecular flexibility index (Phi) is 5.12. The van der Waals surface area contributed by atoms with Crippen molar-refractivity contribution in [2.45, 2.75) is 38.8 Å². The van der Waals surface area contributed by atoms with Crippen LogP contribution >= 0.6 is 0 Å². The quantitative estimate of drug-likeness (QED) is 0.706. The molecule has 1 N–H and O–H groups in total. The summed E-state index contributed by atoms with van der Waals surface area (Å²) in [6.07, 6.45) is -0.241. The number of aldehydes is 1. The molecule has 5 heteroatoms. The van der Waals surface area contributed by atoms with Gasteiger partial charge in [0.15, 0.2) is 0 Å². The molecule has 0 saturated carbocycles. The maximum atomic E-state index is 11.9. The standard InChI is InChI=1S/C9H16FNO3/c1-9(2,3)14-8(13)11-7(6-12)4-5-10/h6-7H,4-5H2,1-3H3,(H,11,13). The van der Waals surface area contributed by atoms with Gasteiger partial charge in [0.2, 0.25) is 0 Å². The van der Waals surface area contributed by atoms with Crippen LogP contribution in [0.15, 0.2) is 0 Å². The summed E-state index contributed by atoms with van der Waals surface area (Å²) in [5.74, 6) is 0. The summed E-state index contributed by atoms with van der Waals surface area (Å²) in [6, 6.07) is -0.810. The van der Waals surface area contributed by atoms with E-state index in [0.29, 0.717) is 6.29 Å². The van der Waals surface area contributed by atoms with Crippen LogP contribution in [0.4, 0.5) is 9.18 Å². The van der Waals surface area contributed by atoms with E-state index in [1.807, 2.05) is 0 Å². The van der Waals surface area contributed by atoms with Crippen molar-refractivity contribution in [1.29, 1.82) is 0 Å². The van der Waals surface area contributed by atoms with Gasteiger partial charge in [-0.1, -0.05) is 0 Å². The monoisotopic (exact) mass is 205 g/mol. The first-order chi connectivity index (χ1) is 6.39. The normalized spacial score (nSPS) is 13.1. The first-order valence-electron chi connectivity index (χ1n) is 4.40. The molecule has 0 spiro atoms. The average Bonchev–Trinajstić information content (AvgIpc) is 2.00. The molecule has 1 amide bonds. The van der Waals surface area contributed by atoms with E-state index in [9.17, 15) is 14.0 Å². The zero-order chi connectivity index (χ0) is 11.2. The molecule has 0 bridgehead atoms. The van der Waals surface area contributed by atoms with Gasteiger partial charge in [0.1, 0.15) is 11.9 Å². The summed E-state index contributed by atoms with van der Waals surface area (Å²) in [5, 5.41) is 2.25. The summed E-state index contributed by atoms with van der Waals surface area (Å²) in [5.41, 5.74) is -0.618. The Morgan fingerprint density at radius 3 is 2.50 bits per heavy atom. The summed E-state index contributed by atoms with van der Waals surface area (Å²) in [6.45, 7) is 4.46. The number of nitrogens with one attached hydrogen (secondary N) is 1. The highest BCUT2D eigenvalue weighted by atomic mass is 19.1. The van der Waals surface area contributed by atoms with Crippen LogP contribution in [0.3, 0.4) is 0 Å². The van der Waals surface area contributed by atoms with Gasteiger partial charge in [-0.25, -0.2) is 4.79 Å². The third-order valence-electron chi connectivity index (χ3n) is 1.29. The molecule has 0 radical (unpaired) electrons. The van der Waals surface area contributed by atoms with Crippen LogP contribution in [0, 0.1) is 0 Å². The third kappa shape index (κ3) is 6.39. The Morgan fingerprint density at radius 1 is 1.57 bits per heavy atom. The molecule has 0 rings (SSSR count). The van der Waals surface area contributed by atoms with E-state index in [-0.39, 0.29) is 6.42 Å². The molecule has 0 aliphatic carbocycles. The molecule has 0 saturated heterocycles. The number of hydrogen-bond acceptors (Lipinski definition) is 3. The first kappa shape index (κ1) is 12.9. The molecule has 14 heavy (non-hydrogen) atoms. The van der Waals surface area contributed by atoms with Crippen molar-refractivity contribution >= 4 is 12.4 Å². The van der Waals surface area contributed by atoms with Crippen LogP contribution in [0.25, 0.3) is 0 Å². The lowest BCUT2D eigenvalue weighted by Crippen LogP contribution is -2.40. The van der Waals surface area contributed by atoms with Crippen molar-refractivity contribution in [2.24, 2.45) is 0 Å². The van der Waals surface area contributed by atoms with Crippen molar-refractivity contribution in [2.75, 3.05) is 6.67 Å². The summed E-state index contributed by atoms with van der Waals surface area (Å²) < 4.78 is 16.8. The number of alkyl carbamates (subject to hydrolysis) is 1. The van der Waals surface area contributed by atoms with Crippen LogP contribution in [-0.4, -0.2) is 30.7 Å². The van der Waals surface area contributed by atoms with Gasteiger partial charge in [-0.2, -0.15) is 0 Å². The Hall–Kier alpha value is -1.13. The van der Waals surface area contributed by atoms with Crippen LogP contribution in [0.5, 0.6) is 0 Å². The lowest BCUT2D eigenvalue weighted by atomic mass is 10.2. The third-order valence-corrected chi connectivity index (χ3v) is 1.29. The summed E-state index contributed by atoms with van der Waals surface area (Å²) in [7, 11) is 0. The SMILES string of the molecule is CC(C)(C)OC(=O)NC(C=O)CCF. The number of carbonyl (C=O) groups is 2. The van der Waals surface area contributed by atoms with Crippen molar-refractivity contribution < 1.29 is 18.7 Å². The van der Waals surface area contributed by atoms with E-state index in [1.54, 1.807) is 20.8 Å². The van der Waals surface area contributed by atoms with Crippen LogP contribution in [0.1, 0.15) is 27.2 Å². The van der Waals surface area contributed by atoms with Gasteiger partial charge in [-0.3, -0.25) is 4.39 Å². The Bertz CT molecular complexity index is 201. The van der Waals surface area contributed by atoms with E-state index in [0.717, 1.165) is 0 Å². The zero-order valence-electron chi connectivity index (χ0n) is 8.67. The fourth-order valence-electron chi connectivity index (χ4n) is 0.751. The molecule has 1 atom stereocenters. The van der Waals surface area contributed by atoms with Crippen LogP contribution < -0.4 is 5.32 Å². The van der Waals surface area contributed by atoms with Gasteiger partial charge < -0.3 is 14.8 Å². The summed E-state index contributed by atoms with van der Waals surface area (Å²) in [4.78, 5) is 21.4. The van der Waals surface area contributed by atoms with Gasteiger partial charge in [-0.05, 0) is 20.8 Å². The second-order valence-electron chi connectivity index (χ2n) is 3.87. The fourth-order valence-corrected chi connectivity index (χ4v) is 0.751. The molecular formula is C9H16FNO3. The van der Waals surface area contributed by atoms with Crippen LogP contribution in [0.2, 0.25) is 0 Å². The average molecular weight is 205 g/mol. The van der Waals surface area contributed by atoms with Crippen molar-refractivity contribution in [3.05, 3.63) is 0 Å². The van der Waals surface area contributed by atoms with Gasteiger partial charge in [0.05, 0.1) is 12.7 Å². The van der Waals surface area contributed by atoms with E-state index >= 15 is 0 Å². The lowest BCUT2D eigenvalue weighted by Gasteiger charge is -2.21. The predicted molar refractivity (Wildman–Crippen MR) is 49.8 cm³/mol. The van der Waals surface area contributed by atoms with Crippen molar-refractivity contribution in [1.82, 2.24) is 5.32 Å². The van der Waals surface area contributed by atoms with Crippen molar-refractivity contribution in [3.8, 4) is 0 Å². The minimum atomic E-state index is -0.810.